The molecule has 0 spiro atoms. The molecule has 0 saturated heterocycles. The van der Waals surface area contributed by atoms with Crippen LogP contribution in [0.1, 0.15) is 11.1 Å². The van der Waals surface area contributed by atoms with Crippen LogP contribution in [0.5, 0.6) is 17.2 Å². The highest BCUT2D eigenvalue weighted by Crippen LogP contribution is 2.35. The van der Waals surface area contributed by atoms with Gasteiger partial charge in [-0.15, -0.1) is 0 Å². The number of hydrazone groups is 1. The van der Waals surface area contributed by atoms with Crippen LogP contribution in [0.15, 0.2) is 96.1 Å². The number of hydrogen-bond acceptors (Lipinski definition) is 5. The Morgan fingerprint density at radius 3 is 2.39 bits per heavy atom. The van der Waals surface area contributed by atoms with Gasteiger partial charge in [0.15, 0.2) is 11.5 Å². The number of amides is 1. The molecule has 0 aliphatic carbocycles. The van der Waals surface area contributed by atoms with Crippen LogP contribution >= 0.6 is 0 Å². The lowest BCUT2D eigenvalue weighted by Crippen LogP contribution is -2.42. The lowest BCUT2D eigenvalue weighted by molar-refractivity contribution is -0.130. The predicted molar refractivity (Wildman–Crippen MR) is 127 cm³/mol. The molecule has 33 heavy (non-hydrogen) atoms. The summed E-state index contributed by atoms with van der Waals surface area (Å²) in [6, 6.07) is 29.2. The topological polar surface area (TPSA) is 69.2 Å². The Hall–Kier alpha value is -4.32. The fourth-order valence-corrected chi connectivity index (χ4v) is 3.52. The summed E-state index contributed by atoms with van der Waals surface area (Å²) < 4.78 is 17.4. The van der Waals surface area contributed by atoms with Crippen molar-refractivity contribution in [2.24, 2.45) is 5.10 Å². The zero-order chi connectivity index (χ0) is 22.5. The Morgan fingerprint density at radius 1 is 0.939 bits per heavy atom. The second kappa shape index (κ2) is 9.44. The number of nitrogens with zero attached hydrogens (tertiary/aromatic N) is 1. The largest absolute Gasteiger partial charge is 0.489 e. The number of nitrogens with one attached hydrogen (secondary N) is 1. The summed E-state index contributed by atoms with van der Waals surface area (Å²) in [7, 11) is 0. The SMILES string of the molecule is O=C(NN=Cc1ccc(OCc2ccccc2)cc1)[C@@H]1COc2cc3ccccc3cc2O1. The molecular formula is C27H22N2O4. The molecule has 0 aromatic heterocycles. The van der Waals surface area contributed by atoms with E-state index in [1.807, 2.05) is 91.0 Å². The fraction of sp³-hybridized carbons (Fsp3) is 0.111. The molecule has 1 amide bonds. The van der Waals surface area contributed by atoms with Crippen molar-refractivity contribution in [2.45, 2.75) is 12.7 Å². The van der Waals surface area contributed by atoms with E-state index >= 15 is 0 Å². The van der Waals surface area contributed by atoms with Crippen molar-refractivity contribution in [1.29, 1.82) is 0 Å². The standard InChI is InChI=1S/C27H22N2O4/c30-27(26-18-32-24-14-21-8-4-5-9-22(21)15-25(24)33-26)29-28-16-19-10-12-23(13-11-19)31-17-20-6-2-1-3-7-20/h1-16,26H,17-18H2,(H,29,30)/t26-/m0/s1. The van der Waals surface area contributed by atoms with Crippen molar-refractivity contribution in [1.82, 2.24) is 5.43 Å². The van der Waals surface area contributed by atoms with Crippen LogP contribution in [0.3, 0.4) is 0 Å². The highest BCUT2D eigenvalue weighted by Gasteiger charge is 2.27. The van der Waals surface area contributed by atoms with Gasteiger partial charge in [-0.05, 0) is 58.3 Å². The first-order valence-electron chi connectivity index (χ1n) is 10.7. The van der Waals surface area contributed by atoms with E-state index in [0.717, 1.165) is 27.6 Å². The molecule has 1 heterocycles. The van der Waals surface area contributed by atoms with Crippen LogP contribution in [-0.2, 0) is 11.4 Å². The van der Waals surface area contributed by atoms with E-state index in [4.69, 9.17) is 14.2 Å². The number of ether oxygens (including phenoxy) is 3. The molecule has 0 radical (unpaired) electrons. The van der Waals surface area contributed by atoms with E-state index in [2.05, 4.69) is 10.5 Å². The van der Waals surface area contributed by atoms with Crippen molar-refractivity contribution >= 4 is 22.9 Å². The minimum absolute atomic E-state index is 0.125. The van der Waals surface area contributed by atoms with Crippen LogP contribution in [0, 0.1) is 0 Å². The summed E-state index contributed by atoms with van der Waals surface area (Å²) in [5.41, 5.74) is 4.46. The molecule has 1 aliphatic rings. The normalized spacial score (nSPS) is 14.8. The van der Waals surface area contributed by atoms with Gasteiger partial charge in [0.25, 0.3) is 5.91 Å². The third-order valence-electron chi connectivity index (χ3n) is 5.28. The lowest BCUT2D eigenvalue weighted by Gasteiger charge is -2.25. The zero-order valence-electron chi connectivity index (χ0n) is 17.8. The second-order valence-corrected chi connectivity index (χ2v) is 7.64. The molecule has 6 heteroatoms. The maximum Gasteiger partial charge on any atom is 0.284 e. The van der Waals surface area contributed by atoms with Gasteiger partial charge in [-0.1, -0.05) is 54.6 Å². The molecule has 4 aromatic rings. The average molecular weight is 438 g/mol. The van der Waals surface area contributed by atoms with Crippen LogP contribution in [-0.4, -0.2) is 24.8 Å². The van der Waals surface area contributed by atoms with Crippen LogP contribution in [0.4, 0.5) is 0 Å². The molecule has 1 atom stereocenters. The summed E-state index contributed by atoms with van der Waals surface area (Å²) in [6.07, 6.45) is 0.800. The fourth-order valence-electron chi connectivity index (χ4n) is 3.52. The van der Waals surface area contributed by atoms with Gasteiger partial charge in [0, 0.05) is 0 Å². The number of carbonyl (C=O) groups excluding carboxylic acids is 1. The highest BCUT2D eigenvalue weighted by atomic mass is 16.6. The van der Waals surface area contributed by atoms with E-state index in [9.17, 15) is 4.79 Å². The Labute approximate surface area is 191 Å². The van der Waals surface area contributed by atoms with Crippen LogP contribution in [0.25, 0.3) is 10.8 Å². The summed E-state index contributed by atoms with van der Waals surface area (Å²) in [4.78, 5) is 12.5. The van der Waals surface area contributed by atoms with Crippen molar-refractivity contribution < 1.29 is 19.0 Å². The maximum atomic E-state index is 12.5. The first kappa shape index (κ1) is 20.6. The van der Waals surface area contributed by atoms with Crippen molar-refractivity contribution in [3.63, 3.8) is 0 Å². The van der Waals surface area contributed by atoms with Gasteiger partial charge >= 0.3 is 0 Å². The van der Waals surface area contributed by atoms with Gasteiger partial charge in [-0.3, -0.25) is 4.79 Å². The number of fused-ring (bicyclic) bond motifs is 2. The Morgan fingerprint density at radius 2 is 1.64 bits per heavy atom. The molecule has 1 N–H and O–H groups in total. The summed E-state index contributed by atoms with van der Waals surface area (Å²) in [5, 5.41) is 6.13. The Bertz CT molecular complexity index is 1290. The van der Waals surface area contributed by atoms with Gasteiger partial charge in [-0.25, -0.2) is 5.43 Å². The Kier molecular flexibility index (Phi) is 5.89. The Balaban J connectivity index is 1.15. The van der Waals surface area contributed by atoms with E-state index in [1.165, 1.54) is 0 Å². The van der Waals surface area contributed by atoms with Crippen molar-refractivity contribution in [3.8, 4) is 17.2 Å². The quantitative estimate of drug-likeness (QED) is 0.350. The number of rotatable bonds is 6. The molecule has 1 aliphatic heterocycles. The number of benzene rings is 4. The second-order valence-electron chi connectivity index (χ2n) is 7.64. The van der Waals surface area contributed by atoms with Gasteiger partial charge < -0.3 is 14.2 Å². The van der Waals surface area contributed by atoms with Crippen LogP contribution < -0.4 is 19.6 Å². The van der Waals surface area contributed by atoms with E-state index in [0.29, 0.717) is 18.1 Å². The van der Waals surface area contributed by atoms with Crippen molar-refractivity contribution in [3.05, 3.63) is 102 Å². The average Bonchev–Trinajstić information content (AvgIpc) is 2.87. The number of hydrogen-bond donors (Lipinski definition) is 1. The molecule has 0 fully saturated rings. The van der Waals surface area contributed by atoms with E-state index in [-0.39, 0.29) is 12.5 Å². The molecule has 0 bridgehead atoms. The van der Waals surface area contributed by atoms with E-state index < -0.39 is 6.10 Å². The molecular weight excluding hydrogens is 416 g/mol. The molecule has 164 valence electrons. The van der Waals surface area contributed by atoms with Gasteiger partial charge in [-0.2, -0.15) is 5.10 Å². The minimum Gasteiger partial charge on any atom is -0.489 e. The third kappa shape index (κ3) is 4.96. The van der Waals surface area contributed by atoms with Gasteiger partial charge in [0.1, 0.15) is 19.0 Å². The van der Waals surface area contributed by atoms with Crippen LogP contribution in [0.2, 0.25) is 0 Å². The zero-order valence-corrected chi connectivity index (χ0v) is 17.8. The minimum atomic E-state index is -0.774. The molecule has 6 nitrogen and oxygen atoms in total. The highest BCUT2D eigenvalue weighted by molar-refractivity contribution is 5.88. The molecule has 0 unspecified atom stereocenters. The monoisotopic (exact) mass is 438 g/mol. The first-order chi connectivity index (χ1) is 16.2. The summed E-state index contributed by atoms with van der Waals surface area (Å²) in [5.74, 6) is 1.58. The third-order valence-corrected chi connectivity index (χ3v) is 5.28. The molecule has 5 rings (SSSR count). The van der Waals surface area contributed by atoms with E-state index in [1.54, 1.807) is 6.21 Å². The van der Waals surface area contributed by atoms with Crippen molar-refractivity contribution in [2.75, 3.05) is 6.61 Å². The molecule has 0 saturated carbocycles. The summed E-state index contributed by atoms with van der Waals surface area (Å²) >= 11 is 0. The smallest absolute Gasteiger partial charge is 0.284 e. The predicted octanol–water partition coefficient (Wildman–Crippen LogP) is 4.71. The molecule has 4 aromatic carbocycles. The lowest BCUT2D eigenvalue weighted by atomic mass is 10.1. The van der Waals surface area contributed by atoms with Gasteiger partial charge in [0.2, 0.25) is 6.10 Å². The number of carbonyl (C=O) groups is 1. The van der Waals surface area contributed by atoms with Gasteiger partial charge in [0.05, 0.1) is 6.21 Å². The first-order valence-corrected chi connectivity index (χ1v) is 10.7. The maximum absolute atomic E-state index is 12.5. The summed E-state index contributed by atoms with van der Waals surface area (Å²) in [6.45, 7) is 0.632.